The normalized spacial score (nSPS) is 19.4. The van der Waals surface area contributed by atoms with E-state index in [1.807, 2.05) is 6.92 Å². The largest absolute Gasteiger partial charge is 0.480 e. The Morgan fingerprint density at radius 3 is 2.50 bits per heavy atom. The molecule has 1 amide bonds. The summed E-state index contributed by atoms with van der Waals surface area (Å²) in [5, 5.41) is 11.6. The summed E-state index contributed by atoms with van der Waals surface area (Å²) in [4.78, 5) is 22.8. The summed E-state index contributed by atoms with van der Waals surface area (Å²) >= 11 is 0. The number of nitrogens with one attached hydrogen (secondary N) is 1. The van der Waals surface area contributed by atoms with E-state index in [9.17, 15) is 9.59 Å². The molecule has 1 saturated carbocycles. The first-order chi connectivity index (χ1) is 8.47. The number of hydrogen-bond donors (Lipinski definition) is 3. The van der Waals surface area contributed by atoms with Gasteiger partial charge in [-0.05, 0) is 19.3 Å². The lowest BCUT2D eigenvalue weighted by Crippen LogP contribution is -2.46. The molecule has 104 valence electrons. The van der Waals surface area contributed by atoms with Crippen LogP contribution in [0.5, 0.6) is 0 Å². The third kappa shape index (κ3) is 4.64. The van der Waals surface area contributed by atoms with Crippen LogP contribution in [0.2, 0.25) is 0 Å². The van der Waals surface area contributed by atoms with Crippen molar-refractivity contribution in [1.29, 1.82) is 0 Å². The van der Waals surface area contributed by atoms with Crippen LogP contribution in [0.25, 0.3) is 0 Å². The number of carboxylic acid groups (broad SMARTS) is 1. The molecule has 1 atom stereocenters. The highest BCUT2D eigenvalue weighted by atomic mass is 16.4. The summed E-state index contributed by atoms with van der Waals surface area (Å²) in [6, 6.07) is -0.776. The average Bonchev–Trinajstić information content (AvgIpc) is 2.70. The van der Waals surface area contributed by atoms with Crippen LogP contribution in [-0.2, 0) is 9.59 Å². The number of carbonyl (C=O) groups is 2. The lowest BCUT2D eigenvalue weighted by atomic mass is 9.94. The zero-order valence-electron chi connectivity index (χ0n) is 11.1. The molecular formula is C13H24N2O3. The van der Waals surface area contributed by atoms with Crippen molar-refractivity contribution >= 4 is 11.9 Å². The number of rotatable bonds is 7. The Morgan fingerprint density at radius 2 is 2.00 bits per heavy atom. The molecule has 0 heterocycles. The van der Waals surface area contributed by atoms with Crippen molar-refractivity contribution in [2.75, 3.05) is 0 Å². The number of nitrogens with two attached hydrogens (primary N) is 1. The molecule has 0 radical (unpaired) electrons. The first kappa shape index (κ1) is 15.0. The van der Waals surface area contributed by atoms with Crippen molar-refractivity contribution in [3.8, 4) is 0 Å². The Balaban J connectivity index is 2.43. The highest BCUT2D eigenvalue weighted by molar-refractivity contribution is 5.84. The molecule has 4 N–H and O–H groups in total. The van der Waals surface area contributed by atoms with E-state index < -0.39 is 17.6 Å². The van der Waals surface area contributed by atoms with Gasteiger partial charge in [0.1, 0.15) is 6.04 Å². The molecule has 0 saturated heterocycles. The van der Waals surface area contributed by atoms with Gasteiger partial charge in [-0.3, -0.25) is 4.79 Å². The maximum Gasteiger partial charge on any atom is 0.326 e. The Labute approximate surface area is 108 Å². The van der Waals surface area contributed by atoms with E-state index >= 15 is 0 Å². The first-order valence-electron chi connectivity index (χ1n) is 6.78. The molecule has 1 aliphatic carbocycles. The van der Waals surface area contributed by atoms with Gasteiger partial charge in [0.05, 0.1) is 0 Å². The Bertz CT molecular complexity index is 299. The van der Waals surface area contributed by atoms with Gasteiger partial charge in [-0.1, -0.05) is 32.6 Å². The van der Waals surface area contributed by atoms with E-state index in [0.717, 1.165) is 38.5 Å². The minimum Gasteiger partial charge on any atom is -0.480 e. The SMILES string of the molecule is CCCC[C@H](NC(=O)CC1(N)CCCC1)C(=O)O. The molecule has 5 nitrogen and oxygen atoms in total. The molecule has 1 fully saturated rings. The van der Waals surface area contributed by atoms with Gasteiger partial charge in [0, 0.05) is 12.0 Å². The quantitative estimate of drug-likeness (QED) is 0.642. The fraction of sp³-hybridized carbons (Fsp3) is 0.846. The van der Waals surface area contributed by atoms with Crippen molar-refractivity contribution in [2.45, 2.75) is 69.9 Å². The molecule has 0 aromatic carbocycles. The highest BCUT2D eigenvalue weighted by Gasteiger charge is 2.32. The van der Waals surface area contributed by atoms with E-state index in [1.165, 1.54) is 0 Å². The number of carboxylic acids is 1. The summed E-state index contributed by atoms with van der Waals surface area (Å²) in [5.41, 5.74) is 5.68. The number of carbonyl (C=O) groups excluding carboxylic acids is 1. The molecule has 0 unspecified atom stereocenters. The molecule has 0 bridgehead atoms. The Hall–Kier alpha value is -1.10. The molecule has 1 rings (SSSR count). The predicted octanol–water partition coefficient (Wildman–Crippen LogP) is 1.41. The standard InChI is InChI=1S/C13H24N2O3/c1-2-3-6-10(12(17)18)15-11(16)9-13(14)7-4-5-8-13/h10H,2-9,14H2,1H3,(H,15,16)(H,17,18)/t10-/m0/s1. The van der Waals surface area contributed by atoms with Gasteiger partial charge >= 0.3 is 5.97 Å². The van der Waals surface area contributed by atoms with E-state index in [0.29, 0.717) is 6.42 Å². The Morgan fingerprint density at radius 1 is 1.39 bits per heavy atom. The lowest BCUT2D eigenvalue weighted by molar-refractivity contribution is -0.142. The monoisotopic (exact) mass is 256 g/mol. The second-order valence-corrected chi connectivity index (χ2v) is 5.35. The number of aliphatic carboxylic acids is 1. The van der Waals surface area contributed by atoms with Gasteiger partial charge in [-0.25, -0.2) is 4.79 Å². The summed E-state index contributed by atoms with van der Waals surface area (Å²) in [6.45, 7) is 1.99. The molecular weight excluding hydrogens is 232 g/mol. The molecule has 0 aromatic rings. The van der Waals surface area contributed by atoms with Gasteiger partial charge < -0.3 is 16.2 Å². The van der Waals surface area contributed by atoms with Gasteiger partial charge in [-0.15, -0.1) is 0 Å². The van der Waals surface area contributed by atoms with Gasteiger partial charge in [0.15, 0.2) is 0 Å². The van der Waals surface area contributed by atoms with Crippen LogP contribution in [-0.4, -0.2) is 28.6 Å². The van der Waals surface area contributed by atoms with Gasteiger partial charge in [0.25, 0.3) is 0 Å². The lowest BCUT2D eigenvalue weighted by Gasteiger charge is -2.24. The second-order valence-electron chi connectivity index (χ2n) is 5.35. The molecule has 18 heavy (non-hydrogen) atoms. The van der Waals surface area contributed by atoms with Gasteiger partial charge in [-0.2, -0.15) is 0 Å². The maximum absolute atomic E-state index is 11.8. The van der Waals surface area contributed by atoms with Crippen LogP contribution in [0.1, 0.15) is 58.3 Å². The third-order valence-electron chi connectivity index (χ3n) is 3.59. The zero-order chi connectivity index (χ0) is 13.6. The van der Waals surface area contributed by atoms with Crippen LogP contribution in [0.4, 0.5) is 0 Å². The van der Waals surface area contributed by atoms with Crippen LogP contribution < -0.4 is 11.1 Å². The van der Waals surface area contributed by atoms with Crippen molar-refractivity contribution in [2.24, 2.45) is 5.73 Å². The van der Waals surface area contributed by atoms with Crippen LogP contribution in [0.3, 0.4) is 0 Å². The summed E-state index contributed by atoms with van der Waals surface area (Å²) < 4.78 is 0. The van der Waals surface area contributed by atoms with E-state index in [-0.39, 0.29) is 12.3 Å². The topological polar surface area (TPSA) is 92.4 Å². The van der Waals surface area contributed by atoms with Crippen molar-refractivity contribution in [3.63, 3.8) is 0 Å². The first-order valence-corrected chi connectivity index (χ1v) is 6.78. The van der Waals surface area contributed by atoms with Crippen LogP contribution in [0.15, 0.2) is 0 Å². The summed E-state index contributed by atoms with van der Waals surface area (Å²) in [6.07, 6.45) is 6.26. The highest BCUT2D eigenvalue weighted by Crippen LogP contribution is 2.29. The van der Waals surface area contributed by atoms with Gasteiger partial charge in [0.2, 0.25) is 5.91 Å². The minimum atomic E-state index is -0.964. The number of amides is 1. The molecule has 0 aromatic heterocycles. The number of hydrogen-bond acceptors (Lipinski definition) is 3. The molecule has 0 spiro atoms. The van der Waals surface area contributed by atoms with E-state index in [1.54, 1.807) is 0 Å². The summed E-state index contributed by atoms with van der Waals surface area (Å²) in [7, 11) is 0. The summed E-state index contributed by atoms with van der Waals surface area (Å²) in [5.74, 6) is -1.20. The van der Waals surface area contributed by atoms with Crippen molar-refractivity contribution < 1.29 is 14.7 Å². The fourth-order valence-corrected chi connectivity index (χ4v) is 2.49. The average molecular weight is 256 g/mol. The van der Waals surface area contributed by atoms with E-state index in [4.69, 9.17) is 10.8 Å². The van der Waals surface area contributed by atoms with Crippen LogP contribution >= 0.6 is 0 Å². The fourth-order valence-electron chi connectivity index (χ4n) is 2.49. The zero-order valence-corrected chi connectivity index (χ0v) is 11.1. The van der Waals surface area contributed by atoms with E-state index in [2.05, 4.69) is 5.32 Å². The second kappa shape index (κ2) is 6.73. The predicted molar refractivity (Wildman–Crippen MR) is 69.1 cm³/mol. The van der Waals surface area contributed by atoms with Crippen molar-refractivity contribution in [1.82, 2.24) is 5.32 Å². The Kier molecular flexibility index (Phi) is 5.59. The van der Waals surface area contributed by atoms with Crippen molar-refractivity contribution in [3.05, 3.63) is 0 Å². The third-order valence-corrected chi connectivity index (χ3v) is 3.59. The molecule has 0 aliphatic heterocycles. The molecule has 1 aliphatic rings. The molecule has 5 heteroatoms. The maximum atomic E-state index is 11.8. The number of unbranched alkanes of at least 4 members (excludes halogenated alkanes) is 1. The van der Waals surface area contributed by atoms with Crippen LogP contribution in [0, 0.1) is 0 Å². The smallest absolute Gasteiger partial charge is 0.326 e. The minimum absolute atomic E-state index is 0.233.